The van der Waals surface area contributed by atoms with Crippen LogP contribution in [-0.2, 0) is 10.0 Å². The summed E-state index contributed by atoms with van der Waals surface area (Å²) in [7, 11) is -3.48. The first-order valence-electron chi connectivity index (χ1n) is 7.57. The maximum absolute atomic E-state index is 12.7. The van der Waals surface area contributed by atoms with E-state index in [-0.39, 0.29) is 18.5 Å². The summed E-state index contributed by atoms with van der Waals surface area (Å²) in [6, 6.07) is 9.79. The van der Waals surface area contributed by atoms with E-state index in [4.69, 9.17) is 11.6 Å². The number of halogens is 1. The smallest absolute Gasteiger partial charge is 0.252 e. The molecule has 24 heavy (non-hydrogen) atoms. The Kier molecular flexibility index (Phi) is 5.24. The van der Waals surface area contributed by atoms with Crippen molar-refractivity contribution in [3.8, 4) is 0 Å². The molecule has 3 rings (SSSR count). The van der Waals surface area contributed by atoms with Crippen molar-refractivity contribution in [2.24, 2.45) is 0 Å². The van der Waals surface area contributed by atoms with Gasteiger partial charge in [-0.15, -0.1) is 11.3 Å². The van der Waals surface area contributed by atoms with E-state index in [1.807, 2.05) is 0 Å². The van der Waals surface area contributed by atoms with Gasteiger partial charge in [0, 0.05) is 29.7 Å². The van der Waals surface area contributed by atoms with Crippen molar-refractivity contribution in [2.75, 3.05) is 13.1 Å². The molecule has 1 saturated heterocycles. The van der Waals surface area contributed by atoms with E-state index in [9.17, 15) is 13.2 Å². The van der Waals surface area contributed by atoms with Crippen molar-refractivity contribution in [3.05, 3.63) is 52.4 Å². The standard InChI is InChI=1S/C16H17ClN2O3S2/c17-13-5-1-4-12(10-13)16(20)18-11-14-6-2-8-19(14)24(21,22)15-7-3-9-23-15/h1,3-5,7,9-10,14H,2,6,8,11H2,(H,18,20)/t14-/m1/s1. The Morgan fingerprint density at radius 3 is 2.88 bits per heavy atom. The van der Waals surface area contributed by atoms with E-state index in [1.54, 1.807) is 41.8 Å². The zero-order valence-electron chi connectivity index (χ0n) is 12.8. The summed E-state index contributed by atoms with van der Waals surface area (Å²) in [6.45, 7) is 0.772. The fraction of sp³-hybridized carbons (Fsp3) is 0.312. The molecule has 0 unspecified atom stereocenters. The minimum atomic E-state index is -3.48. The Morgan fingerprint density at radius 1 is 1.33 bits per heavy atom. The number of sulfonamides is 1. The Balaban J connectivity index is 1.68. The molecule has 1 aromatic heterocycles. The number of hydrogen-bond donors (Lipinski definition) is 1. The van der Waals surface area contributed by atoms with Gasteiger partial charge in [0.25, 0.3) is 15.9 Å². The number of carbonyl (C=O) groups excluding carboxylic acids is 1. The molecule has 1 aliphatic rings. The number of benzene rings is 1. The van der Waals surface area contributed by atoms with E-state index >= 15 is 0 Å². The van der Waals surface area contributed by atoms with Crippen LogP contribution in [0.1, 0.15) is 23.2 Å². The maximum Gasteiger partial charge on any atom is 0.252 e. The van der Waals surface area contributed by atoms with Crippen molar-refractivity contribution in [3.63, 3.8) is 0 Å². The fourth-order valence-electron chi connectivity index (χ4n) is 2.80. The first-order valence-corrected chi connectivity index (χ1v) is 10.3. The molecular formula is C16H17ClN2O3S2. The second kappa shape index (κ2) is 7.23. The lowest BCUT2D eigenvalue weighted by atomic mass is 10.2. The van der Waals surface area contributed by atoms with Crippen molar-refractivity contribution in [2.45, 2.75) is 23.1 Å². The molecule has 0 aliphatic carbocycles. The summed E-state index contributed by atoms with van der Waals surface area (Å²) < 4.78 is 27.2. The van der Waals surface area contributed by atoms with Crippen LogP contribution >= 0.6 is 22.9 Å². The average molecular weight is 385 g/mol. The van der Waals surface area contributed by atoms with Gasteiger partial charge < -0.3 is 5.32 Å². The van der Waals surface area contributed by atoms with Crippen LogP contribution in [0.3, 0.4) is 0 Å². The van der Waals surface area contributed by atoms with Crippen molar-refractivity contribution < 1.29 is 13.2 Å². The highest BCUT2D eigenvalue weighted by atomic mass is 35.5. The molecule has 1 aromatic carbocycles. The van der Waals surface area contributed by atoms with Gasteiger partial charge in [-0.2, -0.15) is 4.31 Å². The molecule has 5 nitrogen and oxygen atoms in total. The highest BCUT2D eigenvalue weighted by Gasteiger charge is 2.35. The van der Waals surface area contributed by atoms with Crippen LogP contribution in [0.15, 0.2) is 46.0 Å². The summed E-state index contributed by atoms with van der Waals surface area (Å²) in [6.07, 6.45) is 1.53. The normalized spacial score (nSPS) is 18.6. The topological polar surface area (TPSA) is 66.5 Å². The van der Waals surface area contributed by atoms with E-state index in [2.05, 4.69) is 5.32 Å². The molecule has 0 bridgehead atoms. The molecule has 0 spiro atoms. The third-order valence-electron chi connectivity index (χ3n) is 3.97. The molecule has 0 radical (unpaired) electrons. The summed E-state index contributed by atoms with van der Waals surface area (Å²) in [5.74, 6) is -0.252. The van der Waals surface area contributed by atoms with Gasteiger partial charge in [0.05, 0.1) is 0 Å². The lowest BCUT2D eigenvalue weighted by Gasteiger charge is -2.23. The molecule has 128 valence electrons. The fourth-order valence-corrected chi connectivity index (χ4v) is 5.80. The number of nitrogens with zero attached hydrogens (tertiary/aromatic N) is 1. The predicted octanol–water partition coefficient (Wildman–Crippen LogP) is 2.98. The van der Waals surface area contributed by atoms with Crippen LogP contribution in [-0.4, -0.2) is 37.8 Å². The molecule has 1 aliphatic heterocycles. The number of hydrogen-bond acceptors (Lipinski definition) is 4. The van der Waals surface area contributed by atoms with Gasteiger partial charge in [0.2, 0.25) is 0 Å². The molecular weight excluding hydrogens is 368 g/mol. The minimum absolute atomic E-state index is 0.222. The van der Waals surface area contributed by atoms with Gasteiger partial charge >= 0.3 is 0 Å². The highest BCUT2D eigenvalue weighted by molar-refractivity contribution is 7.91. The van der Waals surface area contributed by atoms with Crippen molar-refractivity contribution >= 4 is 38.9 Å². The Bertz CT molecular complexity index is 822. The Hall–Kier alpha value is -1.41. The first kappa shape index (κ1) is 17.4. The van der Waals surface area contributed by atoms with Crippen LogP contribution in [0.25, 0.3) is 0 Å². The summed E-state index contributed by atoms with van der Waals surface area (Å²) >= 11 is 7.10. The van der Waals surface area contributed by atoms with Crippen LogP contribution in [0, 0.1) is 0 Å². The highest BCUT2D eigenvalue weighted by Crippen LogP contribution is 2.28. The lowest BCUT2D eigenvalue weighted by molar-refractivity contribution is 0.0946. The van der Waals surface area contributed by atoms with E-state index in [0.29, 0.717) is 21.3 Å². The zero-order chi connectivity index (χ0) is 17.2. The van der Waals surface area contributed by atoms with E-state index < -0.39 is 10.0 Å². The molecule has 1 atom stereocenters. The van der Waals surface area contributed by atoms with Crippen LogP contribution in [0.2, 0.25) is 5.02 Å². The van der Waals surface area contributed by atoms with Crippen LogP contribution in [0.5, 0.6) is 0 Å². The minimum Gasteiger partial charge on any atom is -0.350 e. The van der Waals surface area contributed by atoms with Gasteiger partial charge in [-0.3, -0.25) is 4.79 Å². The second-order valence-electron chi connectivity index (χ2n) is 5.56. The quantitative estimate of drug-likeness (QED) is 0.861. The van der Waals surface area contributed by atoms with Gasteiger partial charge in [-0.1, -0.05) is 23.7 Å². The van der Waals surface area contributed by atoms with Crippen LogP contribution in [0.4, 0.5) is 0 Å². The average Bonchev–Trinajstić information content (AvgIpc) is 3.24. The van der Waals surface area contributed by atoms with E-state index in [0.717, 1.165) is 12.8 Å². The summed E-state index contributed by atoms with van der Waals surface area (Å²) in [4.78, 5) is 12.2. The zero-order valence-corrected chi connectivity index (χ0v) is 15.2. The molecule has 2 heterocycles. The number of nitrogens with one attached hydrogen (secondary N) is 1. The lowest BCUT2D eigenvalue weighted by Crippen LogP contribution is -2.42. The van der Waals surface area contributed by atoms with Gasteiger partial charge in [-0.25, -0.2) is 8.42 Å². The Morgan fingerprint density at radius 2 is 2.17 bits per heavy atom. The summed E-state index contributed by atoms with van der Waals surface area (Å²) in [5.41, 5.74) is 0.466. The summed E-state index contributed by atoms with van der Waals surface area (Å²) in [5, 5.41) is 5.06. The molecule has 1 N–H and O–H groups in total. The maximum atomic E-state index is 12.7. The third-order valence-corrected chi connectivity index (χ3v) is 7.53. The van der Waals surface area contributed by atoms with Gasteiger partial charge in [0.1, 0.15) is 4.21 Å². The van der Waals surface area contributed by atoms with Gasteiger partial charge in [0.15, 0.2) is 0 Å². The first-order chi connectivity index (χ1) is 11.5. The van der Waals surface area contributed by atoms with Crippen molar-refractivity contribution in [1.29, 1.82) is 0 Å². The third kappa shape index (κ3) is 3.64. The van der Waals surface area contributed by atoms with Crippen molar-refractivity contribution in [1.82, 2.24) is 9.62 Å². The molecule has 0 saturated carbocycles. The largest absolute Gasteiger partial charge is 0.350 e. The monoisotopic (exact) mass is 384 g/mol. The number of thiophene rings is 1. The number of carbonyl (C=O) groups is 1. The SMILES string of the molecule is O=C(NC[C@H]1CCCN1S(=O)(=O)c1cccs1)c1cccc(Cl)c1. The predicted molar refractivity (Wildman–Crippen MR) is 95.0 cm³/mol. The number of rotatable bonds is 5. The Labute approximate surface area is 150 Å². The van der Waals surface area contributed by atoms with Gasteiger partial charge in [-0.05, 0) is 42.5 Å². The second-order valence-corrected chi connectivity index (χ2v) is 9.07. The molecule has 1 amide bonds. The van der Waals surface area contributed by atoms with E-state index in [1.165, 1.54) is 15.6 Å². The molecule has 1 fully saturated rings. The molecule has 2 aromatic rings. The number of amides is 1. The van der Waals surface area contributed by atoms with Crippen LogP contribution < -0.4 is 5.32 Å². The molecule has 8 heteroatoms.